The highest BCUT2D eigenvalue weighted by Crippen LogP contribution is 2.22. The van der Waals surface area contributed by atoms with Crippen molar-refractivity contribution in [2.24, 2.45) is 0 Å². The van der Waals surface area contributed by atoms with Crippen LogP contribution in [0, 0.1) is 6.92 Å². The molecular weight excluding hydrogens is 286 g/mol. The van der Waals surface area contributed by atoms with Gasteiger partial charge in [0.25, 0.3) is 5.89 Å². The fraction of sp³-hybridized carbons (Fsp3) is 0.474. The standard InChI is InChI=1S/C19H25N3O/c1-3-4-11-22-12-9-17(10-13-22)14-16-5-7-18(8-6-16)19-20-15(2)21-23-19/h5-8,14H,3-4,9-13H2,1-2H3. The summed E-state index contributed by atoms with van der Waals surface area (Å²) in [6, 6.07) is 8.36. The van der Waals surface area contributed by atoms with Crippen molar-refractivity contribution in [2.75, 3.05) is 19.6 Å². The number of piperidine rings is 1. The summed E-state index contributed by atoms with van der Waals surface area (Å²) in [7, 11) is 0. The summed E-state index contributed by atoms with van der Waals surface area (Å²) in [5, 5.41) is 3.83. The third-order valence-corrected chi connectivity index (χ3v) is 4.38. The van der Waals surface area contributed by atoms with Crippen molar-refractivity contribution in [1.82, 2.24) is 15.0 Å². The summed E-state index contributed by atoms with van der Waals surface area (Å²) in [4.78, 5) is 6.85. The number of aromatic nitrogens is 2. The lowest BCUT2D eigenvalue weighted by molar-refractivity contribution is 0.253. The summed E-state index contributed by atoms with van der Waals surface area (Å²) in [6.07, 6.45) is 7.31. The van der Waals surface area contributed by atoms with Gasteiger partial charge in [0.2, 0.25) is 0 Å². The zero-order valence-corrected chi connectivity index (χ0v) is 14.1. The van der Waals surface area contributed by atoms with Gasteiger partial charge in [-0.1, -0.05) is 42.3 Å². The molecule has 122 valence electrons. The maximum Gasteiger partial charge on any atom is 0.257 e. The number of benzene rings is 1. The van der Waals surface area contributed by atoms with Crippen molar-refractivity contribution in [3.63, 3.8) is 0 Å². The molecule has 0 atom stereocenters. The van der Waals surface area contributed by atoms with Crippen LogP contribution in [0.25, 0.3) is 17.5 Å². The lowest BCUT2D eigenvalue weighted by atomic mass is 10.00. The van der Waals surface area contributed by atoms with Crippen LogP contribution in [0.15, 0.2) is 34.4 Å². The van der Waals surface area contributed by atoms with Crippen molar-refractivity contribution in [3.05, 3.63) is 41.2 Å². The Bertz CT molecular complexity index is 648. The predicted molar refractivity (Wildman–Crippen MR) is 93.0 cm³/mol. The van der Waals surface area contributed by atoms with Crippen molar-refractivity contribution >= 4 is 6.08 Å². The molecule has 2 aromatic rings. The number of hydrogen-bond acceptors (Lipinski definition) is 4. The maximum atomic E-state index is 5.20. The number of rotatable bonds is 5. The molecular formula is C19H25N3O. The van der Waals surface area contributed by atoms with Crippen LogP contribution in [0.3, 0.4) is 0 Å². The molecule has 0 spiro atoms. The molecule has 2 heterocycles. The lowest BCUT2D eigenvalue weighted by Gasteiger charge is -2.28. The Kier molecular flexibility index (Phi) is 5.23. The van der Waals surface area contributed by atoms with E-state index in [0.29, 0.717) is 11.7 Å². The Morgan fingerprint density at radius 1 is 1.17 bits per heavy atom. The minimum absolute atomic E-state index is 0.589. The highest BCUT2D eigenvalue weighted by atomic mass is 16.5. The Labute approximate surface area is 138 Å². The van der Waals surface area contributed by atoms with Crippen LogP contribution in [-0.4, -0.2) is 34.7 Å². The number of unbranched alkanes of at least 4 members (excludes halogenated alkanes) is 1. The summed E-state index contributed by atoms with van der Waals surface area (Å²) in [5.41, 5.74) is 3.78. The van der Waals surface area contributed by atoms with E-state index in [-0.39, 0.29) is 0 Å². The van der Waals surface area contributed by atoms with E-state index in [1.807, 2.05) is 6.92 Å². The van der Waals surface area contributed by atoms with Crippen molar-refractivity contribution in [1.29, 1.82) is 0 Å². The van der Waals surface area contributed by atoms with Crippen LogP contribution in [0.1, 0.15) is 44.0 Å². The summed E-state index contributed by atoms with van der Waals surface area (Å²) < 4.78 is 5.20. The van der Waals surface area contributed by atoms with Gasteiger partial charge in [-0.05, 0) is 50.4 Å². The first-order valence-corrected chi connectivity index (χ1v) is 8.57. The number of likely N-dealkylation sites (tertiary alicyclic amines) is 1. The maximum absolute atomic E-state index is 5.20. The van der Waals surface area contributed by atoms with Gasteiger partial charge in [-0.15, -0.1) is 0 Å². The molecule has 1 aliphatic heterocycles. The highest BCUT2D eigenvalue weighted by Gasteiger charge is 2.13. The van der Waals surface area contributed by atoms with Gasteiger partial charge < -0.3 is 9.42 Å². The zero-order valence-electron chi connectivity index (χ0n) is 14.1. The molecule has 4 nitrogen and oxygen atoms in total. The van der Waals surface area contributed by atoms with E-state index in [2.05, 4.69) is 52.3 Å². The van der Waals surface area contributed by atoms with Crippen LogP contribution in [0.5, 0.6) is 0 Å². The number of hydrogen-bond donors (Lipinski definition) is 0. The molecule has 0 radical (unpaired) electrons. The molecule has 23 heavy (non-hydrogen) atoms. The predicted octanol–water partition coefficient (Wildman–Crippen LogP) is 4.32. The average Bonchev–Trinajstić information content (AvgIpc) is 3.01. The smallest absolute Gasteiger partial charge is 0.257 e. The Morgan fingerprint density at radius 3 is 2.52 bits per heavy atom. The Hall–Kier alpha value is -1.94. The van der Waals surface area contributed by atoms with E-state index in [0.717, 1.165) is 5.56 Å². The second-order valence-electron chi connectivity index (χ2n) is 6.27. The molecule has 1 aliphatic rings. The topological polar surface area (TPSA) is 42.2 Å². The van der Waals surface area contributed by atoms with Crippen LogP contribution in [-0.2, 0) is 0 Å². The number of nitrogens with zero attached hydrogens (tertiary/aromatic N) is 3. The monoisotopic (exact) mass is 311 g/mol. The third-order valence-electron chi connectivity index (χ3n) is 4.38. The van der Waals surface area contributed by atoms with Crippen LogP contribution < -0.4 is 0 Å². The van der Waals surface area contributed by atoms with Gasteiger partial charge in [0.1, 0.15) is 0 Å². The van der Waals surface area contributed by atoms with Gasteiger partial charge in [0.15, 0.2) is 5.82 Å². The minimum Gasteiger partial charge on any atom is -0.334 e. The lowest BCUT2D eigenvalue weighted by Crippen LogP contribution is -2.31. The Morgan fingerprint density at radius 2 is 1.91 bits per heavy atom. The van der Waals surface area contributed by atoms with E-state index in [1.165, 1.54) is 50.9 Å². The fourth-order valence-electron chi connectivity index (χ4n) is 2.96. The molecule has 0 N–H and O–H groups in total. The average molecular weight is 311 g/mol. The molecule has 4 heteroatoms. The molecule has 3 rings (SSSR count). The molecule has 0 bridgehead atoms. The minimum atomic E-state index is 0.589. The van der Waals surface area contributed by atoms with Crippen molar-refractivity contribution < 1.29 is 4.52 Å². The molecule has 0 saturated carbocycles. The van der Waals surface area contributed by atoms with Gasteiger partial charge in [-0.3, -0.25) is 0 Å². The molecule has 0 unspecified atom stereocenters. The van der Waals surface area contributed by atoms with Crippen molar-refractivity contribution in [3.8, 4) is 11.5 Å². The Balaban J connectivity index is 1.60. The van der Waals surface area contributed by atoms with E-state index in [9.17, 15) is 0 Å². The van der Waals surface area contributed by atoms with E-state index in [1.54, 1.807) is 5.57 Å². The SMILES string of the molecule is CCCCN1CCC(=Cc2ccc(-c3nc(C)no3)cc2)CC1. The first-order valence-electron chi connectivity index (χ1n) is 8.57. The normalized spacial score (nSPS) is 15.8. The third kappa shape index (κ3) is 4.29. The molecule has 1 fully saturated rings. The largest absolute Gasteiger partial charge is 0.334 e. The van der Waals surface area contributed by atoms with Crippen LogP contribution in [0.4, 0.5) is 0 Å². The van der Waals surface area contributed by atoms with E-state index in [4.69, 9.17) is 4.52 Å². The van der Waals surface area contributed by atoms with Crippen LogP contribution >= 0.6 is 0 Å². The van der Waals surface area contributed by atoms with Gasteiger partial charge in [0, 0.05) is 18.7 Å². The molecule has 0 amide bonds. The van der Waals surface area contributed by atoms with E-state index < -0.39 is 0 Å². The second-order valence-corrected chi connectivity index (χ2v) is 6.27. The summed E-state index contributed by atoms with van der Waals surface area (Å²) >= 11 is 0. The molecule has 1 saturated heterocycles. The van der Waals surface area contributed by atoms with Gasteiger partial charge in [-0.2, -0.15) is 4.98 Å². The zero-order chi connectivity index (χ0) is 16.1. The molecule has 0 aliphatic carbocycles. The number of aryl methyl sites for hydroxylation is 1. The van der Waals surface area contributed by atoms with E-state index >= 15 is 0 Å². The second kappa shape index (κ2) is 7.55. The van der Waals surface area contributed by atoms with Crippen molar-refractivity contribution in [2.45, 2.75) is 39.5 Å². The van der Waals surface area contributed by atoms with Gasteiger partial charge in [-0.25, -0.2) is 0 Å². The van der Waals surface area contributed by atoms with Crippen LogP contribution in [0.2, 0.25) is 0 Å². The van der Waals surface area contributed by atoms with Gasteiger partial charge in [0.05, 0.1) is 0 Å². The molecule has 1 aromatic heterocycles. The molecule has 1 aromatic carbocycles. The van der Waals surface area contributed by atoms with Gasteiger partial charge >= 0.3 is 0 Å². The highest BCUT2D eigenvalue weighted by molar-refractivity contribution is 5.60. The summed E-state index contributed by atoms with van der Waals surface area (Å²) in [5.74, 6) is 1.26. The fourth-order valence-corrected chi connectivity index (χ4v) is 2.96. The quantitative estimate of drug-likeness (QED) is 0.824. The summed E-state index contributed by atoms with van der Waals surface area (Å²) in [6.45, 7) is 7.74. The first kappa shape index (κ1) is 15.9. The first-order chi connectivity index (χ1) is 11.2.